The van der Waals surface area contributed by atoms with Gasteiger partial charge >= 0.3 is 12.5 Å². The van der Waals surface area contributed by atoms with Gasteiger partial charge in [0.15, 0.2) is 23.0 Å². The Labute approximate surface area is 166 Å². The van der Waals surface area contributed by atoms with Gasteiger partial charge in [-0.25, -0.2) is 9.97 Å². The highest BCUT2D eigenvalue weighted by Gasteiger charge is 2.57. The fourth-order valence-electron chi connectivity index (χ4n) is 4.11. The summed E-state index contributed by atoms with van der Waals surface area (Å²) in [6, 6.07) is 2.78. The number of ether oxygens (including phenoxy) is 2. The molecule has 3 heterocycles. The number of rotatable bonds is 4. The number of anilines is 1. The van der Waals surface area contributed by atoms with Crippen molar-refractivity contribution in [2.45, 2.75) is 51.0 Å². The van der Waals surface area contributed by atoms with Gasteiger partial charge in [-0.15, -0.1) is 13.9 Å². The number of hydrogen-bond donors (Lipinski definition) is 1. The Balaban J connectivity index is 1.45. The van der Waals surface area contributed by atoms with Crippen LogP contribution >= 0.6 is 0 Å². The van der Waals surface area contributed by atoms with Crippen LogP contribution in [0.4, 0.5) is 27.9 Å². The van der Waals surface area contributed by atoms with Crippen molar-refractivity contribution in [1.82, 2.24) is 19.6 Å². The second kappa shape index (κ2) is 6.05. The maximum absolute atomic E-state index is 13.4. The quantitative estimate of drug-likeness (QED) is 0.625. The van der Waals surface area contributed by atoms with Crippen LogP contribution in [0.15, 0.2) is 12.1 Å². The van der Waals surface area contributed by atoms with Crippen molar-refractivity contribution in [1.29, 1.82) is 0 Å². The first-order valence-electron chi connectivity index (χ1n) is 9.39. The maximum atomic E-state index is 13.4. The lowest BCUT2D eigenvalue weighted by atomic mass is 9.65. The molecule has 160 valence electrons. The molecule has 0 radical (unpaired) electrons. The van der Waals surface area contributed by atoms with E-state index in [-0.39, 0.29) is 60.7 Å². The molecule has 0 saturated heterocycles. The second-order valence-corrected chi connectivity index (χ2v) is 7.68. The maximum Gasteiger partial charge on any atom is 0.586 e. The fourth-order valence-corrected chi connectivity index (χ4v) is 4.11. The van der Waals surface area contributed by atoms with E-state index in [0.717, 1.165) is 0 Å². The number of fused-ring (bicyclic) bond motifs is 5. The van der Waals surface area contributed by atoms with Crippen LogP contribution in [0, 0.1) is 5.41 Å². The zero-order valence-electron chi connectivity index (χ0n) is 15.5. The van der Waals surface area contributed by atoms with E-state index >= 15 is 0 Å². The van der Waals surface area contributed by atoms with E-state index in [1.165, 1.54) is 16.6 Å². The molecule has 7 nitrogen and oxygen atoms in total. The van der Waals surface area contributed by atoms with Gasteiger partial charge in [-0.1, -0.05) is 6.42 Å². The highest BCUT2D eigenvalue weighted by molar-refractivity contribution is 5.97. The predicted molar refractivity (Wildman–Crippen MR) is 94.2 cm³/mol. The first-order chi connectivity index (χ1) is 14.1. The van der Waals surface area contributed by atoms with Gasteiger partial charge in [0.25, 0.3) is 0 Å². The van der Waals surface area contributed by atoms with Crippen LogP contribution in [0.2, 0.25) is 0 Å². The van der Waals surface area contributed by atoms with E-state index in [4.69, 9.17) is 5.73 Å². The predicted octanol–water partition coefficient (Wildman–Crippen LogP) is 4.24. The molecule has 0 amide bonds. The van der Waals surface area contributed by atoms with Crippen molar-refractivity contribution < 1.29 is 31.4 Å². The van der Waals surface area contributed by atoms with E-state index in [9.17, 15) is 22.0 Å². The minimum Gasteiger partial charge on any atom is -0.395 e. The lowest BCUT2D eigenvalue weighted by molar-refractivity contribution is -0.286. The van der Waals surface area contributed by atoms with Crippen LogP contribution in [0.25, 0.3) is 16.6 Å². The second-order valence-electron chi connectivity index (χ2n) is 7.68. The summed E-state index contributed by atoms with van der Waals surface area (Å²) >= 11 is 0. The Morgan fingerprint density at radius 2 is 1.90 bits per heavy atom. The Morgan fingerprint density at radius 3 is 2.57 bits per heavy atom. The summed E-state index contributed by atoms with van der Waals surface area (Å²) in [4.78, 5) is 8.44. The average molecular weight is 429 g/mol. The molecule has 0 bridgehead atoms. The standard InChI is InChI=1S/C18H16F5N5O2/c19-17(20,21)16(7-2-8-16)6-1-3-11-25-14-9-4-5-10-13(30-18(22,23)29-10)12(9)26-15(24)28(14)27-11/h4-5H,1-3,6-8H2,(H2,24,26). The lowest BCUT2D eigenvalue weighted by Crippen LogP contribution is -2.43. The number of benzene rings is 1. The van der Waals surface area contributed by atoms with Gasteiger partial charge in [0.2, 0.25) is 5.95 Å². The van der Waals surface area contributed by atoms with Crippen LogP contribution < -0.4 is 15.2 Å². The Bertz CT molecular complexity index is 1160. The Morgan fingerprint density at radius 1 is 1.13 bits per heavy atom. The Kier molecular flexibility index (Phi) is 3.84. The van der Waals surface area contributed by atoms with Gasteiger partial charge in [-0.05, 0) is 37.8 Å². The zero-order valence-corrected chi connectivity index (χ0v) is 15.5. The first kappa shape index (κ1) is 19.1. The van der Waals surface area contributed by atoms with E-state index in [1.54, 1.807) is 0 Å². The summed E-state index contributed by atoms with van der Waals surface area (Å²) in [7, 11) is 0. The van der Waals surface area contributed by atoms with Gasteiger partial charge in [0.05, 0.1) is 5.41 Å². The SMILES string of the molecule is Nc1nc2c3c(ccc2c2nc(CCCC4(C(F)(F)F)CCC4)nn12)OC(F)(F)O3. The molecular weight excluding hydrogens is 413 g/mol. The zero-order chi connectivity index (χ0) is 21.3. The van der Waals surface area contributed by atoms with E-state index in [0.29, 0.717) is 17.6 Å². The Hall–Kier alpha value is -2.92. The molecule has 1 aliphatic carbocycles. The molecule has 1 aromatic carbocycles. The van der Waals surface area contributed by atoms with E-state index in [1.807, 2.05) is 0 Å². The molecule has 12 heteroatoms. The van der Waals surface area contributed by atoms with Crippen LogP contribution in [-0.4, -0.2) is 32.1 Å². The molecule has 3 aromatic rings. The number of nitrogens with two attached hydrogens (primary N) is 1. The number of nitrogens with zero attached hydrogens (tertiary/aromatic N) is 4. The number of alkyl halides is 5. The van der Waals surface area contributed by atoms with Crippen LogP contribution in [0.5, 0.6) is 11.5 Å². The third kappa shape index (κ3) is 2.80. The average Bonchev–Trinajstić information content (AvgIpc) is 3.16. The third-order valence-corrected chi connectivity index (χ3v) is 5.85. The molecule has 2 aliphatic rings. The minimum absolute atomic E-state index is 0.00824. The molecule has 0 spiro atoms. The summed E-state index contributed by atoms with van der Waals surface area (Å²) < 4.78 is 76.9. The monoisotopic (exact) mass is 429 g/mol. The summed E-state index contributed by atoms with van der Waals surface area (Å²) in [6.45, 7) is 0. The molecule has 1 fully saturated rings. The molecule has 1 aliphatic heterocycles. The van der Waals surface area contributed by atoms with E-state index < -0.39 is 17.9 Å². The molecule has 1 saturated carbocycles. The third-order valence-electron chi connectivity index (χ3n) is 5.85. The lowest BCUT2D eigenvalue weighted by Gasteiger charge is -2.43. The number of aryl methyl sites for hydroxylation is 1. The smallest absolute Gasteiger partial charge is 0.395 e. The minimum atomic E-state index is -4.22. The van der Waals surface area contributed by atoms with Crippen molar-refractivity contribution >= 4 is 22.5 Å². The molecule has 30 heavy (non-hydrogen) atoms. The van der Waals surface area contributed by atoms with E-state index in [2.05, 4.69) is 24.5 Å². The van der Waals surface area contributed by atoms with Crippen molar-refractivity contribution in [2.75, 3.05) is 5.73 Å². The van der Waals surface area contributed by atoms with Crippen LogP contribution in [0.1, 0.15) is 37.9 Å². The summed E-state index contributed by atoms with van der Waals surface area (Å²) in [5.41, 5.74) is 4.59. The number of aromatic nitrogens is 4. The van der Waals surface area contributed by atoms with Crippen molar-refractivity contribution in [3.63, 3.8) is 0 Å². The van der Waals surface area contributed by atoms with Crippen LogP contribution in [0.3, 0.4) is 0 Å². The molecule has 2 aromatic heterocycles. The topological polar surface area (TPSA) is 87.6 Å². The van der Waals surface area contributed by atoms with Crippen molar-refractivity contribution in [3.05, 3.63) is 18.0 Å². The van der Waals surface area contributed by atoms with Crippen LogP contribution in [-0.2, 0) is 6.42 Å². The summed E-state index contributed by atoms with van der Waals surface area (Å²) in [5.74, 6) is -0.250. The van der Waals surface area contributed by atoms with Gasteiger partial charge < -0.3 is 15.2 Å². The molecular formula is C18H16F5N5O2. The normalized spacial score (nSPS) is 19.4. The van der Waals surface area contributed by atoms with Crippen molar-refractivity contribution in [3.8, 4) is 11.5 Å². The van der Waals surface area contributed by atoms with Gasteiger partial charge in [-0.2, -0.15) is 17.7 Å². The molecule has 0 unspecified atom stereocenters. The van der Waals surface area contributed by atoms with Gasteiger partial charge in [0.1, 0.15) is 5.52 Å². The molecule has 5 rings (SSSR count). The largest absolute Gasteiger partial charge is 0.586 e. The van der Waals surface area contributed by atoms with Gasteiger partial charge in [-0.3, -0.25) is 0 Å². The molecule has 0 atom stereocenters. The first-order valence-corrected chi connectivity index (χ1v) is 9.39. The molecule has 2 N–H and O–H groups in total. The van der Waals surface area contributed by atoms with Crippen molar-refractivity contribution in [2.24, 2.45) is 5.41 Å². The summed E-state index contributed by atoms with van der Waals surface area (Å²) in [6.07, 6.45) is -6.66. The highest BCUT2D eigenvalue weighted by Crippen LogP contribution is 2.56. The number of nitrogen functional groups attached to an aromatic ring is 1. The summed E-state index contributed by atoms with van der Waals surface area (Å²) in [5, 5.41) is 4.58. The number of halogens is 5. The number of hydrogen-bond acceptors (Lipinski definition) is 6. The highest BCUT2D eigenvalue weighted by atomic mass is 19.4. The van der Waals surface area contributed by atoms with Gasteiger partial charge in [0, 0.05) is 11.8 Å². The fraction of sp³-hybridized carbons (Fsp3) is 0.500.